The van der Waals surface area contributed by atoms with Gasteiger partial charge in [0, 0.05) is 45.1 Å². The molecule has 0 bridgehead atoms. The number of halogens is 1. The van der Waals surface area contributed by atoms with Crippen LogP contribution < -0.4 is 19.7 Å². The average molecular weight is 424 g/mol. The molecule has 9 heteroatoms. The van der Waals surface area contributed by atoms with Crippen molar-refractivity contribution < 1.29 is 23.9 Å². The monoisotopic (exact) mass is 423 g/mol. The number of likely N-dealkylation sites (tertiary alicyclic amines) is 1. The van der Waals surface area contributed by atoms with Crippen LogP contribution in [-0.2, 0) is 14.4 Å². The number of anilines is 1. The molecular formula is C20H26ClN3O5. The molecule has 8 nitrogen and oxygen atoms in total. The summed E-state index contributed by atoms with van der Waals surface area (Å²) in [7, 11) is 3.00. The van der Waals surface area contributed by atoms with Crippen LogP contribution in [0, 0.1) is 5.92 Å². The summed E-state index contributed by atoms with van der Waals surface area (Å²) in [6.45, 7) is 2.18. The van der Waals surface area contributed by atoms with Gasteiger partial charge in [-0.3, -0.25) is 14.4 Å². The van der Waals surface area contributed by atoms with Gasteiger partial charge < -0.3 is 24.6 Å². The molecule has 1 atom stereocenters. The molecule has 158 valence electrons. The second-order valence-electron chi connectivity index (χ2n) is 7.19. The Bertz CT molecular complexity index is 801. The number of carbonyl (C=O) groups excluding carboxylic acids is 3. The second-order valence-corrected chi connectivity index (χ2v) is 7.60. The third-order valence-electron chi connectivity index (χ3n) is 5.32. The molecule has 1 N–H and O–H groups in total. The van der Waals surface area contributed by atoms with E-state index in [9.17, 15) is 14.4 Å². The van der Waals surface area contributed by atoms with Crippen LogP contribution in [0.2, 0.25) is 5.02 Å². The number of methoxy groups -OCH3 is 2. The van der Waals surface area contributed by atoms with Crippen molar-refractivity contribution >= 4 is 35.0 Å². The summed E-state index contributed by atoms with van der Waals surface area (Å²) < 4.78 is 10.6. The van der Waals surface area contributed by atoms with Crippen molar-refractivity contribution in [1.29, 1.82) is 0 Å². The normalized spacial score (nSPS) is 19.1. The van der Waals surface area contributed by atoms with Crippen LogP contribution in [0.5, 0.6) is 11.5 Å². The van der Waals surface area contributed by atoms with Crippen LogP contribution in [0.25, 0.3) is 0 Å². The van der Waals surface area contributed by atoms with E-state index in [-0.39, 0.29) is 30.7 Å². The zero-order valence-electron chi connectivity index (χ0n) is 16.7. The number of nitrogens with zero attached hydrogens (tertiary/aromatic N) is 2. The van der Waals surface area contributed by atoms with Crippen molar-refractivity contribution in [2.24, 2.45) is 5.92 Å². The topological polar surface area (TPSA) is 88.2 Å². The third-order valence-corrected chi connectivity index (χ3v) is 5.61. The number of amides is 3. The first-order valence-corrected chi connectivity index (χ1v) is 10.1. The summed E-state index contributed by atoms with van der Waals surface area (Å²) in [5.74, 6) is 0.321. The molecule has 0 aromatic heterocycles. The minimum Gasteiger partial charge on any atom is -0.495 e. The molecule has 0 aliphatic carbocycles. The summed E-state index contributed by atoms with van der Waals surface area (Å²) in [6, 6.07) is 3.24. The first-order valence-electron chi connectivity index (χ1n) is 9.72. The standard InChI is InChI=1S/C20H26ClN3O5/c1-28-16-11-17(29-2)15(10-14(16)21)24-12-13(9-19(24)26)20(27)22-6-4-8-23-7-3-5-18(23)25/h10-11,13H,3-9,12H2,1-2H3,(H,22,27). The van der Waals surface area contributed by atoms with Gasteiger partial charge in [-0.25, -0.2) is 0 Å². The Balaban J connectivity index is 1.56. The molecule has 2 fully saturated rings. The Morgan fingerprint density at radius 1 is 1.21 bits per heavy atom. The van der Waals surface area contributed by atoms with E-state index in [2.05, 4.69) is 5.32 Å². The first-order chi connectivity index (χ1) is 13.9. The highest BCUT2D eigenvalue weighted by molar-refractivity contribution is 6.32. The number of hydrogen-bond acceptors (Lipinski definition) is 5. The molecule has 2 aliphatic rings. The number of hydrogen-bond donors (Lipinski definition) is 1. The summed E-state index contributed by atoms with van der Waals surface area (Å²) in [5.41, 5.74) is 0.520. The zero-order chi connectivity index (χ0) is 21.0. The lowest BCUT2D eigenvalue weighted by molar-refractivity contribution is -0.127. The van der Waals surface area contributed by atoms with Crippen molar-refractivity contribution in [2.75, 3.05) is 45.3 Å². The van der Waals surface area contributed by atoms with Crippen LogP contribution >= 0.6 is 11.6 Å². The van der Waals surface area contributed by atoms with E-state index in [1.807, 2.05) is 4.90 Å². The third kappa shape index (κ3) is 4.75. The van der Waals surface area contributed by atoms with Gasteiger partial charge in [0.15, 0.2) is 0 Å². The molecule has 2 saturated heterocycles. The number of nitrogens with one attached hydrogen (secondary N) is 1. The van der Waals surface area contributed by atoms with Gasteiger partial charge in [-0.15, -0.1) is 0 Å². The molecule has 2 heterocycles. The Morgan fingerprint density at radius 2 is 1.97 bits per heavy atom. The number of rotatable bonds is 8. The van der Waals surface area contributed by atoms with Crippen LogP contribution in [0.1, 0.15) is 25.7 Å². The van der Waals surface area contributed by atoms with Crippen molar-refractivity contribution in [1.82, 2.24) is 10.2 Å². The van der Waals surface area contributed by atoms with Crippen molar-refractivity contribution in [3.05, 3.63) is 17.2 Å². The second kappa shape index (κ2) is 9.35. The summed E-state index contributed by atoms with van der Waals surface area (Å²) >= 11 is 6.21. The molecule has 3 rings (SSSR count). The van der Waals surface area contributed by atoms with Gasteiger partial charge in [-0.2, -0.15) is 0 Å². The Kier molecular flexibility index (Phi) is 6.84. The van der Waals surface area contributed by atoms with E-state index < -0.39 is 5.92 Å². The van der Waals surface area contributed by atoms with E-state index in [0.29, 0.717) is 48.1 Å². The molecule has 1 aromatic rings. The zero-order valence-corrected chi connectivity index (χ0v) is 17.5. The number of carbonyl (C=O) groups is 3. The number of ether oxygens (including phenoxy) is 2. The molecule has 0 saturated carbocycles. The summed E-state index contributed by atoms with van der Waals surface area (Å²) in [4.78, 5) is 40.0. The van der Waals surface area contributed by atoms with E-state index in [1.165, 1.54) is 19.1 Å². The van der Waals surface area contributed by atoms with Gasteiger partial charge in [-0.05, 0) is 18.9 Å². The lowest BCUT2D eigenvalue weighted by Crippen LogP contribution is -2.35. The Morgan fingerprint density at radius 3 is 2.62 bits per heavy atom. The van der Waals surface area contributed by atoms with Gasteiger partial charge in [0.25, 0.3) is 0 Å². The van der Waals surface area contributed by atoms with Gasteiger partial charge in [-0.1, -0.05) is 11.6 Å². The van der Waals surface area contributed by atoms with Crippen LogP contribution in [0.15, 0.2) is 12.1 Å². The first kappa shape index (κ1) is 21.2. The molecule has 1 aromatic carbocycles. The smallest absolute Gasteiger partial charge is 0.227 e. The maximum Gasteiger partial charge on any atom is 0.227 e. The van der Waals surface area contributed by atoms with Crippen LogP contribution in [-0.4, -0.2) is 63.0 Å². The maximum absolute atomic E-state index is 12.5. The summed E-state index contributed by atoms with van der Waals surface area (Å²) in [5, 5.41) is 3.24. The fourth-order valence-electron chi connectivity index (χ4n) is 3.74. The number of benzene rings is 1. The van der Waals surface area contributed by atoms with Gasteiger partial charge in [0.2, 0.25) is 17.7 Å². The Labute approximate surface area is 175 Å². The van der Waals surface area contributed by atoms with Gasteiger partial charge >= 0.3 is 0 Å². The quantitative estimate of drug-likeness (QED) is 0.644. The van der Waals surface area contributed by atoms with Crippen molar-refractivity contribution in [3.63, 3.8) is 0 Å². The largest absolute Gasteiger partial charge is 0.495 e. The molecule has 1 unspecified atom stereocenters. The fourth-order valence-corrected chi connectivity index (χ4v) is 3.97. The molecule has 2 aliphatic heterocycles. The van der Waals surface area contributed by atoms with E-state index in [1.54, 1.807) is 12.1 Å². The van der Waals surface area contributed by atoms with Crippen LogP contribution in [0.3, 0.4) is 0 Å². The van der Waals surface area contributed by atoms with E-state index >= 15 is 0 Å². The maximum atomic E-state index is 12.5. The predicted molar refractivity (Wildman–Crippen MR) is 108 cm³/mol. The SMILES string of the molecule is COc1cc(OC)c(N2CC(C(=O)NCCCN3CCCC3=O)CC2=O)cc1Cl. The van der Waals surface area contributed by atoms with Crippen molar-refractivity contribution in [2.45, 2.75) is 25.7 Å². The highest BCUT2D eigenvalue weighted by atomic mass is 35.5. The van der Waals surface area contributed by atoms with Gasteiger partial charge in [0.05, 0.1) is 30.8 Å². The lowest BCUT2D eigenvalue weighted by atomic mass is 10.1. The molecule has 0 radical (unpaired) electrons. The predicted octanol–water partition coefficient (Wildman–Crippen LogP) is 1.84. The highest BCUT2D eigenvalue weighted by Crippen LogP contribution is 2.40. The highest BCUT2D eigenvalue weighted by Gasteiger charge is 2.36. The van der Waals surface area contributed by atoms with E-state index in [4.69, 9.17) is 21.1 Å². The van der Waals surface area contributed by atoms with E-state index in [0.717, 1.165) is 13.0 Å². The average Bonchev–Trinajstić information content (AvgIpc) is 3.30. The fraction of sp³-hybridized carbons (Fsp3) is 0.550. The lowest BCUT2D eigenvalue weighted by Gasteiger charge is -2.21. The summed E-state index contributed by atoms with van der Waals surface area (Å²) in [6.07, 6.45) is 2.35. The molecule has 3 amide bonds. The van der Waals surface area contributed by atoms with Gasteiger partial charge in [0.1, 0.15) is 11.5 Å². The van der Waals surface area contributed by atoms with Crippen LogP contribution in [0.4, 0.5) is 5.69 Å². The minimum absolute atomic E-state index is 0.128. The van der Waals surface area contributed by atoms with Crippen molar-refractivity contribution in [3.8, 4) is 11.5 Å². The molecule has 0 spiro atoms. The molecular weight excluding hydrogens is 398 g/mol. The minimum atomic E-state index is -0.443. The molecule has 29 heavy (non-hydrogen) atoms. The Hall–Kier alpha value is -2.48.